The molecular formula is C20H25FN4O2. The Morgan fingerprint density at radius 2 is 1.67 bits per heavy atom. The molecule has 1 aromatic heterocycles. The van der Waals surface area contributed by atoms with Gasteiger partial charge in [-0.3, -0.25) is 14.3 Å². The van der Waals surface area contributed by atoms with Crippen LogP contribution >= 0.6 is 0 Å². The predicted molar refractivity (Wildman–Crippen MR) is 100 cm³/mol. The van der Waals surface area contributed by atoms with Crippen LogP contribution in [0, 0.1) is 5.82 Å². The lowest BCUT2D eigenvalue weighted by Gasteiger charge is -2.34. The van der Waals surface area contributed by atoms with Gasteiger partial charge >= 0.3 is 0 Å². The minimum absolute atomic E-state index is 0.0721. The van der Waals surface area contributed by atoms with Gasteiger partial charge in [0.2, 0.25) is 0 Å². The first-order chi connectivity index (χ1) is 12.9. The molecule has 6 nitrogen and oxygen atoms in total. The maximum absolute atomic E-state index is 13.9. The average molecular weight is 372 g/mol. The molecule has 7 heteroatoms. The standard InChI is InChI=1S/C20H25FN4O2/c1-4-25-18(13-17(22-25)14(2)3)20(27)24-11-9-23(10-12-24)19(26)15-7-5-6-8-16(15)21/h5-8,13-14H,4,9-12H2,1-3H3. The van der Waals surface area contributed by atoms with E-state index in [2.05, 4.69) is 5.10 Å². The number of benzene rings is 1. The van der Waals surface area contributed by atoms with Gasteiger partial charge in [0.25, 0.3) is 11.8 Å². The summed E-state index contributed by atoms with van der Waals surface area (Å²) in [6.45, 7) is 8.29. The SMILES string of the molecule is CCn1nc(C(C)C)cc1C(=O)N1CCN(C(=O)c2ccccc2F)CC1. The lowest BCUT2D eigenvalue weighted by molar-refractivity contribution is 0.0526. The third-order valence-electron chi connectivity index (χ3n) is 4.87. The van der Waals surface area contributed by atoms with Crippen molar-refractivity contribution in [2.45, 2.75) is 33.2 Å². The van der Waals surface area contributed by atoms with Crippen LogP contribution in [0.4, 0.5) is 4.39 Å². The molecule has 3 rings (SSSR count). The smallest absolute Gasteiger partial charge is 0.272 e. The Morgan fingerprint density at radius 1 is 1.07 bits per heavy atom. The maximum Gasteiger partial charge on any atom is 0.272 e. The van der Waals surface area contributed by atoms with Gasteiger partial charge in [-0.15, -0.1) is 0 Å². The van der Waals surface area contributed by atoms with Gasteiger partial charge in [0.15, 0.2) is 0 Å². The predicted octanol–water partition coefficient (Wildman–Crippen LogP) is 2.76. The number of hydrogen-bond donors (Lipinski definition) is 0. The van der Waals surface area contributed by atoms with Crippen LogP contribution < -0.4 is 0 Å². The van der Waals surface area contributed by atoms with E-state index >= 15 is 0 Å². The molecular weight excluding hydrogens is 347 g/mol. The Hall–Kier alpha value is -2.70. The van der Waals surface area contributed by atoms with Gasteiger partial charge in [-0.2, -0.15) is 5.10 Å². The summed E-state index contributed by atoms with van der Waals surface area (Å²) < 4.78 is 15.6. The largest absolute Gasteiger partial charge is 0.335 e. The summed E-state index contributed by atoms with van der Waals surface area (Å²) in [5.74, 6) is -0.677. The molecule has 0 bridgehead atoms. The number of aryl methyl sites for hydroxylation is 1. The molecule has 0 N–H and O–H groups in total. The Bertz CT molecular complexity index is 838. The molecule has 0 unspecified atom stereocenters. The molecule has 0 radical (unpaired) electrons. The molecule has 1 saturated heterocycles. The fourth-order valence-corrected chi connectivity index (χ4v) is 3.21. The Morgan fingerprint density at radius 3 is 2.22 bits per heavy atom. The third kappa shape index (κ3) is 3.86. The fraction of sp³-hybridized carbons (Fsp3) is 0.450. The molecule has 2 amide bonds. The summed E-state index contributed by atoms with van der Waals surface area (Å²) in [6, 6.07) is 7.83. The molecule has 0 atom stereocenters. The highest BCUT2D eigenvalue weighted by atomic mass is 19.1. The van der Waals surface area contributed by atoms with Crippen LogP contribution in [-0.2, 0) is 6.54 Å². The van der Waals surface area contributed by atoms with Crippen LogP contribution in [0.3, 0.4) is 0 Å². The van der Waals surface area contributed by atoms with Crippen molar-refractivity contribution in [2.24, 2.45) is 0 Å². The van der Waals surface area contributed by atoms with Crippen LogP contribution in [0.2, 0.25) is 0 Å². The maximum atomic E-state index is 13.9. The van der Waals surface area contributed by atoms with Crippen molar-refractivity contribution in [1.29, 1.82) is 0 Å². The molecule has 27 heavy (non-hydrogen) atoms. The third-order valence-corrected chi connectivity index (χ3v) is 4.87. The highest BCUT2D eigenvalue weighted by Crippen LogP contribution is 2.18. The first kappa shape index (κ1) is 19.1. The first-order valence-corrected chi connectivity index (χ1v) is 9.33. The zero-order valence-corrected chi connectivity index (χ0v) is 16.0. The van der Waals surface area contributed by atoms with Gasteiger partial charge in [-0.25, -0.2) is 4.39 Å². The monoisotopic (exact) mass is 372 g/mol. The zero-order valence-electron chi connectivity index (χ0n) is 16.0. The number of nitrogens with zero attached hydrogens (tertiary/aromatic N) is 4. The second-order valence-electron chi connectivity index (χ2n) is 6.99. The summed E-state index contributed by atoms with van der Waals surface area (Å²) in [6.07, 6.45) is 0. The lowest BCUT2D eigenvalue weighted by Crippen LogP contribution is -2.51. The van der Waals surface area contributed by atoms with Crippen LogP contribution in [0.25, 0.3) is 0 Å². The first-order valence-electron chi connectivity index (χ1n) is 9.33. The minimum atomic E-state index is -0.519. The van der Waals surface area contributed by atoms with Crippen molar-refractivity contribution < 1.29 is 14.0 Å². The number of carbonyl (C=O) groups is 2. The van der Waals surface area contributed by atoms with Crippen LogP contribution in [0.15, 0.2) is 30.3 Å². The average Bonchev–Trinajstić information content (AvgIpc) is 3.12. The molecule has 2 aromatic rings. The van der Waals surface area contributed by atoms with Gasteiger partial charge in [-0.05, 0) is 31.0 Å². The Kier molecular flexibility index (Phi) is 5.58. The van der Waals surface area contributed by atoms with Gasteiger partial charge in [-0.1, -0.05) is 26.0 Å². The number of amides is 2. The van der Waals surface area contributed by atoms with Crippen molar-refractivity contribution in [3.8, 4) is 0 Å². The summed E-state index contributed by atoms with van der Waals surface area (Å²) in [5.41, 5.74) is 1.55. The van der Waals surface area contributed by atoms with Crippen molar-refractivity contribution in [3.05, 3.63) is 53.1 Å². The molecule has 0 aliphatic carbocycles. The quantitative estimate of drug-likeness (QED) is 0.829. The number of carbonyl (C=O) groups excluding carboxylic acids is 2. The van der Waals surface area contributed by atoms with E-state index in [9.17, 15) is 14.0 Å². The van der Waals surface area contributed by atoms with E-state index in [1.165, 1.54) is 12.1 Å². The fourth-order valence-electron chi connectivity index (χ4n) is 3.21. The van der Waals surface area contributed by atoms with Crippen LogP contribution in [0.5, 0.6) is 0 Å². The summed E-state index contributed by atoms with van der Waals surface area (Å²) in [4.78, 5) is 28.8. The van der Waals surface area contributed by atoms with Crippen molar-refractivity contribution in [2.75, 3.05) is 26.2 Å². The van der Waals surface area contributed by atoms with Crippen LogP contribution in [-0.4, -0.2) is 57.6 Å². The summed E-state index contributed by atoms with van der Waals surface area (Å²) in [5, 5.41) is 4.50. The van der Waals surface area contributed by atoms with Gasteiger partial charge in [0.1, 0.15) is 11.5 Å². The molecule has 2 heterocycles. The van der Waals surface area contributed by atoms with Gasteiger partial charge in [0, 0.05) is 32.7 Å². The van der Waals surface area contributed by atoms with Crippen molar-refractivity contribution in [1.82, 2.24) is 19.6 Å². The number of halogens is 1. The molecule has 144 valence electrons. The molecule has 0 spiro atoms. The van der Waals surface area contributed by atoms with E-state index in [-0.39, 0.29) is 23.3 Å². The molecule has 1 fully saturated rings. The number of rotatable bonds is 4. The van der Waals surface area contributed by atoms with Gasteiger partial charge in [0.05, 0.1) is 11.3 Å². The second kappa shape index (κ2) is 7.90. The van der Waals surface area contributed by atoms with E-state index in [0.717, 1.165) is 5.69 Å². The molecule has 1 aromatic carbocycles. The van der Waals surface area contributed by atoms with Gasteiger partial charge < -0.3 is 9.80 Å². The highest BCUT2D eigenvalue weighted by molar-refractivity contribution is 5.95. The number of hydrogen-bond acceptors (Lipinski definition) is 3. The Labute approximate surface area is 158 Å². The number of aromatic nitrogens is 2. The van der Waals surface area contributed by atoms with Crippen molar-refractivity contribution >= 4 is 11.8 Å². The molecule has 1 aliphatic heterocycles. The van der Waals surface area contributed by atoms with E-state index in [1.807, 2.05) is 26.8 Å². The molecule has 0 saturated carbocycles. The second-order valence-corrected chi connectivity index (χ2v) is 6.99. The zero-order chi connectivity index (χ0) is 19.6. The van der Waals surface area contributed by atoms with E-state index < -0.39 is 5.82 Å². The van der Waals surface area contributed by atoms with E-state index in [4.69, 9.17) is 0 Å². The van der Waals surface area contributed by atoms with E-state index in [1.54, 1.807) is 26.6 Å². The number of piperazine rings is 1. The van der Waals surface area contributed by atoms with Crippen molar-refractivity contribution in [3.63, 3.8) is 0 Å². The van der Waals surface area contributed by atoms with E-state index in [0.29, 0.717) is 38.4 Å². The minimum Gasteiger partial charge on any atom is -0.335 e. The normalized spacial score (nSPS) is 14.7. The summed E-state index contributed by atoms with van der Waals surface area (Å²) in [7, 11) is 0. The van der Waals surface area contributed by atoms with Crippen LogP contribution in [0.1, 0.15) is 53.2 Å². The topological polar surface area (TPSA) is 58.4 Å². The highest BCUT2D eigenvalue weighted by Gasteiger charge is 2.28. The Balaban J connectivity index is 1.68. The molecule has 1 aliphatic rings. The summed E-state index contributed by atoms with van der Waals surface area (Å²) >= 11 is 0. The lowest BCUT2D eigenvalue weighted by atomic mass is 10.1.